The first kappa shape index (κ1) is 24.3. The summed E-state index contributed by atoms with van der Waals surface area (Å²) in [5.74, 6) is -0.386. The molecule has 1 aliphatic heterocycles. The van der Waals surface area contributed by atoms with Gasteiger partial charge < -0.3 is 9.47 Å². The molecule has 2 fully saturated rings. The van der Waals surface area contributed by atoms with E-state index in [4.69, 9.17) is 9.47 Å². The zero-order chi connectivity index (χ0) is 25.1. The smallest absolute Gasteiger partial charge is 0.338 e. The van der Waals surface area contributed by atoms with E-state index in [1.807, 2.05) is 42.5 Å². The summed E-state index contributed by atoms with van der Waals surface area (Å²) in [4.78, 5) is 28.7. The Labute approximate surface area is 213 Å². The van der Waals surface area contributed by atoms with Crippen molar-refractivity contribution < 1.29 is 19.1 Å². The fraction of sp³-hybridized carbons (Fsp3) is 0.355. The highest BCUT2D eigenvalue weighted by molar-refractivity contribution is 5.90. The van der Waals surface area contributed by atoms with Crippen LogP contribution in [-0.2, 0) is 16.0 Å². The maximum atomic E-state index is 13.1. The van der Waals surface area contributed by atoms with Crippen molar-refractivity contribution >= 4 is 11.9 Å². The number of hydrogen-bond donors (Lipinski definition) is 0. The average molecular weight is 484 g/mol. The molecule has 0 aromatic heterocycles. The Bertz CT molecular complexity index is 1170. The standard InChI is InChI=1S/C31H33NO4/c1-3-26-25-19-27(35-30(33)23-15-9-5-10-16-23)29(36-31(34)24-17-11-6-12-18-24)28(25)21(2)32(26)20-22-13-7-4-8-14-22/h4-18,21,25-29H,3,19-20H2,1-2H3. The number of likely N-dealkylation sites (tertiary alicyclic amines) is 1. The normalized spacial score (nSPS) is 27.4. The van der Waals surface area contributed by atoms with Crippen molar-refractivity contribution in [3.63, 3.8) is 0 Å². The van der Waals surface area contributed by atoms with Gasteiger partial charge in [-0.3, -0.25) is 4.90 Å². The third-order valence-corrected chi connectivity index (χ3v) is 7.89. The first-order valence-electron chi connectivity index (χ1n) is 12.9. The summed E-state index contributed by atoms with van der Waals surface area (Å²) < 4.78 is 12.2. The average Bonchev–Trinajstić information content (AvgIpc) is 3.39. The molecule has 1 aliphatic carbocycles. The van der Waals surface area contributed by atoms with Crippen LogP contribution < -0.4 is 0 Å². The quantitative estimate of drug-likeness (QED) is 0.400. The van der Waals surface area contributed by atoms with E-state index < -0.39 is 12.2 Å². The Kier molecular flexibility index (Phi) is 7.19. The summed E-state index contributed by atoms with van der Waals surface area (Å²) in [6.45, 7) is 5.29. The molecule has 6 unspecified atom stereocenters. The number of hydrogen-bond acceptors (Lipinski definition) is 5. The second-order valence-electron chi connectivity index (χ2n) is 9.90. The van der Waals surface area contributed by atoms with Crippen LogP contribution in [0.15, 0.2) is 91.0 Å². The Hall–Kier alpha value is -3.44. The molecule has 6 atom stereocenters. The molecule has 0 spiro atoms. The molecule has 3 aromatic carbocycles. The Balaban J connectivity index is 1.42. The number of rotatable bonds is 7. The lowest BCUT2D eigenvalue weighted by Gasteiger charge is -2.33. The molecule has 0 amide bonds. The minimum Gasteiger partial charge on any atom is -0.455 e. The van der Waals surface area contributed by atoms with Crippen molar-refractivity contribution in [1.82, 2.24) is 4.90 Å². The predicted molar refractivity (Wildman–Crippen MR) is 138 cm³/mol. The number of carbonyl (C=O) groups excluding carboxylic acids is 2. The van der Waals surface area contributed by atoms with Gasteiger partial charge in [0, 0.05) is 24.5 Å². The molecule has 1 heterocycles. The Morgan fingerprint density at radius 3 is 1.89 bits per heavy atom. The molecule has 5 heteroatoms. The zero-order valence-corrected chi connectivity index (χ0v) is 20.8. The van der Waals surface area contributed by atoms with E-state index in [0.29, 0.717) is 23.6 Å². The molecule has 0 N–H and O–H groups in total. The third kappa shape index (κ3) is 4.80. The van der Waals surface area contributed by atoms with Crippen LogP contribution in [0.1, 0.15) is 53.0 Å². The minimum absolute atomic E-state index is 0.0832. The molecule has 1 saturated carbocycles. The number of esters is 2. The molecule has 5 nitrogen and oxygen atoms in total. The summed E-state index contributed by atoms with van der Waals surface area (Å²) in [5, 5.41) is 0. The summed E-state index contributed by atoms with van der Waals surface area (Å²) in [5.41, 5.74) is 2.29. The van der Waals surface area contributed by atoms with Crippen LogP contribution in [0.2, 0.25) is 0 Å². The minimum atomic E-state index is -0.500. The number of carbonyl (C=O) groups is 2. The molecular formula is C31H33NO4. The fourth-order valence-electron chi connectivity index (χ4n) is 6.27. The van der Waals surface area contributed by atoms with Crippen LogP contribution >= 0.6 is 0 Å². The number of fused-ring (bicyclic) bond motifs is 1. The SMILES string of the molecule is CCC1C2CC(OC(=O)c3ccccc3)C(OC(=O)c3ccccc3)C2C(C)N1Cc1ccccc1. The van der Waals surface area contributed by atoms with E-state index in [-0.39, 0.29) is 29.8 Å². The highest BCUT2D eigenvalue weighted by atomic mass is 16.6. The van der Waals surface area contributed by atoms with Crippen LogP contribution in [0.3, 0.4) is 0 Å². The summed E-state index contributed by atoms with van der Waals surface area (Å²) >= 11 is 0. The van der Waals surface area contributed by atoms with Crippen LogP contribution in [-0.4, -0.2) is 41.1 Å². The van der Waals surface area contributed by atoms with Crippen LogP contribution in [0, 0.1) is 11.8 Å². The topological polar surface area (TPSA) is 55.8 Å². The van der Waals surface area contributed by atoms with Crippen molar-refractivity contribution in [2.24, 2.45) is 11.8 Å². The van der Waals surface area contributed by atoms with E-state index in [2.05, 4.69) is 43.0 Å². The molecule has 0 radical (unpaired) electrons. The first-order chi connectivity index (χ1) is 17.6. The maximum Gasteiger partial charge on any atom is 0.338 e. The lowest BCUT2D eigenvalue weighted by atomic mass is 9.89. The second kappa shape index (κ2) is 10.7. The lowest BCUT2D eigenvalue weighted by Crippen LogP contribution is -2.43. The summed E-state index contributed by atoms with van der Waals surface area (Å²) in [6.07, 6.45) is 0.692. The van der Waals surface area contributed by atoms with Crippen molar-refractivity contribution in [1.29, 1.82) is 0 Å². The van der Waals surface area contributed by atoms with Gasteiger partial charge in [0.05, 0.1) is 11.1 Å². The van der Waals surface area contributed by atoms with Gasteiger partial charge in [-0.2, -0.15) is 0 Å². The summed E-state index contributed by atoms with van der Waals surface area (Å²) in [7, 11) is 0. The zero-order valence-electron chi connectivity index (χ0n) is 20.8. The molecule has 186 valence electrons. The van der Waals surface area contributed by atoms with Gasteiger partial charge in [-0.05, 0) is 55.5 Å². The molecule has 0 bridgehead atoms. The van der Waals surface area contributed by atoms with Crippen molar-refractivity contribution in [2.45, 2.75) is 57.5 Å². The molecule has 3 aromatic rings. The molecule has 1 saturated heterocycles. The van der Waals surface area contributed by atoms with Gasteiger partial charge >= 0.3 is 11.9 Å². The van der Waals surface area contributed by atoms with E-state index in [1.54, 1.807) is 24.3 Å². The highest BCUT2D eigenvalue weighted by Crippen LogP contribution is 2.50. The van der Waals surface area contributed by atoms with Gasteiger partial charge in [-0.1, -0.05) is 73.7 Å². The van der Waals surface area contributed by atoms with Crippen molar-refractivity contribution in [3.8, 4) is 0 Å². The number of ether oxygens (including phenoxy) is 2. The molecule has 36 heavy (non-hydrogen) atoms. The van der Waals surface area contributed by atoms with Gasteiger partial charge in [0.15, 0.2) is 0 Å². The Morgan fingerprint density at radius 1 is 0.806 bits per heavy atom. The van der Waals surface area contributed by atoms with E-state index in [9.17, 15) is 9.59 Å². The van der Waals surface area contributed by atoms with Gasteiger partial charge in [-0.15, -0.1) is 0 Å². The van der Waals surface area contributed by atoms with Crippen molar-refractivity contribution in [3.05, 3.63) is 108 Å². The van der Waals surface area contributed by atoms with Gasteiger partial charge in [0.2, 0.25) is 0 Å². The molecule has 5 rings (SSSR count). The van der Waals surface area contributed by atoms with E-state index in [0.717, 1.165) is 13.0 Å². The monoisotopic (exact) mass is 483 g/mol. The Morgan fingerprint density at radius 2 is 1.33 bits per heavy atom. The van der Waals surface area contributed by atoms with Gasteiger partial charge in [0.1, 0.15) is 12.2 Å². The maximum absolute atomic E-state index is 13.1. The summed E-state index contributed by atoms with van der Waals surface area (Å²) in [6, 6.07) is 29.1. The van der Waals surface area contributed by atoms with Crippen LogP contribution in [0.25, 0.3) is 0 Å². The number of nitrogens with zero attached hydrogens (tertiary/aromatic N) is 1. The predicted octanol–water partition coefficient (Wildman–Crippen LogP) is 5.76. The van der Waals surface area contributed by atoms with Crippen LogP contribution in [0.5, 0.6) is 0 Å². The fourth-order valence-corrected chi connectivity index (χ4v) is 6.27. The van der Waals surface area contributed by atoms with E-state index >= 15 is 0 Å². The van der Waals surface area contributed by atoms with Crippen molar-refractivity contribution in [2.75, 3.05) is 0 Å². The lowest BCUT2D eigenvalue weighted by molar-refractivity contribution is -0.0427. The molecular weight excluding hydrogens is 450 g/mol. The van der Waals surface area contributed by atoms with E-state index in [1.165, 1.54) is 5.56 Å². The van der Waals surface area contributed by atoms with Gasteiger partial charge in [-0.25, -0.2) is 9.59 Å². The second-order valence-corrected chi connectivity index (χ2v) is 9.90. The van der Waals surface area contributed by atoms with Crippen LogP contribution in [0.4, 0.5) is 0 Å². The third-order valence-electron chi connectivity index (χ3n) is 7.89. The molecule has 2 aliphatic rings. The van der Waals surface area contributed by atoms with Gasteiger partial charge in [0.25, 0.3) is 0 Å². The first-order valence-corrected chi connectivity index (χ1v) is 12.9. The highest BCUT2D eigenvalue weighted by Gasteiger charge is 2.58. The largest absolute Gasteiger partial charge is 0.455 e. The number of benzene rings is 3.